The van der Waals surface area contributed by atoms with E-state index in [4.69, 9.17) is 4.74 Å². The number of hydrogen-bond donors (Lipinski definition) is 1. The molecule has 0 spiro atoms. The number of ketones is 1. The second-order valence-electron chi connectivity index (χ2n) is 6.81. The van der Waals surface area contributed by atoms with E-state index in [-0.39, 0.29) is 11.3 Å². The summed E-state index contributed by atoms with van der Waals surface area (Å²) in [7, 11) is 5.32. The topological polar surface area (TPSA) is 83.0 Å². The predicted octanol–water partition coefficient (Wildman–Crippen LogP) is 2.07. The van der Waals surface area contributed by atoms with Gasteiger partial charge < -0.3 is 19.6 Å². The van der Waals surface area contributed by atoms with Crippen LogP contribution in [0.15, 0.2) is 54.4 Å². The molecule has 7 nitrogen and oxygen atoms in total. The Bertz CT molecular complexity index is 909. The number of likely N-dealkylation sites (tertiary alicyclic amines) is 1. The van der Waals surface area contributed by atoms with Gasteiger partial charge >= 0.3 is 0 Å². The number of methoxy groups -OCH3 is 1. The van der Waals surface area contributed by atoms with Crippen LogP contribution in [-0.4, -0.2) is 65.9 Å². The number of pyridine rings is 1. The van der Waals surface area contributed by atoms with Crippen molar-refractivity contribution < 1.29 is 19.4 Å². The molecule has 1 aliphatic rings. The molecule has 0 radical (unpaired) electrons. The van der Waals surface area contributed by atoms with Gasteiger partial charge in [-0.15, -0.1) is 0 Å². The molecule has 1 aromatic carbocycles. The lowest BCUT2D eigenvalue weighted by Gasteiger charge is -2.26. The standard InChI is InChI=1S/C21H23N3O4/c1-23(2)11-12-24-18(14-7-9-22-10-8-14)17(20(26)21(24)27)19(25)15-5-4-6-16(13-15)28-3/h4-10,13,18,25H,11-12H2,1-3H3/t18-/m1/s1. The van der Waals surface area contributed by atoms with Crippen LogP contribution in [0.5, 0.6) is 5.75 Å². The van der Waals surface area contributed by atoms with Crippen molar-refractivity contribution in [1.82, 2.24) is 14.8 Å². The molecule has 1 fully saturated rings. The van der Waals surface area contributed by atoms with E-state index in [1.165, 1.54) is 12.0 Å². The van der Waals surface area contributed by atoms with Gasteiger partial charge in [0.15, 0.2) is 0 Å². The number of nitrogens with zero attached hydrogens (tertiary/aromatic N) is 3. The summed E-state index contributed by atoms with van der Waals surface area (Å²) in [6.07, 6.45) is 3.21. The van der Waals surface area contributed by atoms with Crippen LogP contribution in [0.2, 0.25) is 0 Å². The SMILES string of the molecule is COc1cccc(C(O)=C2C(=O)C(=O)N(CCN(C)C)[C@@H]2c2ccncc2)c1. The monoisotopic (exact) mass is 381 g/mol. The Kier molecular flexibility index (Phi) is 5.75. The Labute approximate surface area is 163 Å². The summed E-state index contributed by atoms with van der Waals surface area (Å²) in [6.45, 7) is 0.952. The summed E-state index contributed by atoms with van der Waals surface area (Å²) in [5.74, 6) is -0.980. The summed E-state index contributed by atoms with van der Waals surface area (Å²) in [5, 5.41) is 11.0. The van der Waals surface area contributed by atoms with Crippen LogP contribution in [0.3, 0.4) is 0 Å². The van der Waals surface area contributed by atoms with Crippen LogP contribution in [-0.2, 0) is 9.59 Å². The van der Waals surface area contributed by atoms with Crippen molar-refractivity contribution in [3.8, 4) is 5.75 Å². The molecule has 1 saturated heterocycles. The third-order valence-electron chi connectivity index (χ3n) is 4.69. The maximum atomic E-state index is 12.8. The molecule has 1 aliphatic heterocycles. The Morgan fingerprint density at radius 3 is 2.57 bits per heavy atom. The number of likely N-dealkylation sites (N-methyl/N-ethyl adjacent to an activating group) is 1. The van der Waals surface area contributed by atoms with Gasteiger partial charge in [0.1, 0.15) is 11.5 Å². The van der Waals surface area contributed by atoms with Gasteiger partial charge in [0, 0.05) is 31.0 Å². The highest BCUT2D eigenvalue weighted by Crippen LogP contribution is 2.39. The van der Waals surface area contributed by atoms with E-state index in [0.29, 0.717) is 24.4 Å². The van der Waals surface area contributed by atoms with Gasteiger partial charge in [0.05, 0.1) is 18.7 Å². The molecule has 1 amide bonds. The Hall–Kier alpha value is -3.19. The van der Waals surface area contributed by atoms with Gasteiger partial charge in [0.2, 0.25) is 0 Å². The summed E-state index contributed by atoms with van der Waals surface area (Å²) < 4.78 is 5.20. The van der Waals surface area contributed by atoms with Crippen LogP contribution in [0, 0.1) is 0 Å². The fourth-order valence-electron chi connectivity index (χ4n) is 3.24. The third-order valence-corrected chi connectivity index (χ3v) is 4.69. The molecular formula is C21H23N3O4. The Morgan fingerprint density at radius 2 is 1.93 bits per heavy atom. The second kappa shape index (κ2) is 8.22. The smallest absolute Gasteiger partial charge is 0.295 e. The summed E-state index contributed by atoms with van der Waals surface area (Å²) in [5.41, 5.74) is 1.21. The van der Waals surface area contributed by atoms with E-state index in [1.807, 2.05) is 19.0 Å². The van der Waals surface area contributed by atoms with E-state index in [9.17, 15) is 14.7 Å². The van der Waals surface area contributed by atoms with Crippen molar-refractivity contribution in [2.24, 2.45) is 0 Å². The highest BCUT2D eigenvalue weighted by molar-refractivity contribution is 6.46. The van der Waals surface area contributed by atoms with Crippen molar-refractivity contribution in [3.63, 3.8) is 0 Å². The number of rotatable bonds is 6. The van der Waals surface area contributed by atoms with E-state index in [0.717, 1.165) is 5.56 Å². The zero-order valence-corrected chi connectivity index (χ0v) is 16.1. The van der Waals surface area contributed by atoms with E-state index >= 15 is 0 Å². The normalized spacial score (nSPS) is 18.7. The van der Waals surface area contributed by atoms with Crippen molar-refractivity contribution in [2.45, 2.75) is 6.04 Å². The van der Waals surface area contributed by atoms with E-state index in [2.05, 4.69) is 4.98 Å². The molecular weight excluding hydrogens is 358 g/mol. The molecule has 0 bridgehead atoms. The zero-order valence-electron chi connectivity index (χ0n) is 16.1. The van der Waals surface area contributed by atoms with E-state index in [1.54, 1.807) is 48.8 Å². The number of Topliss-reactive ketones (excluding diaryl/α,β-unsaturated/α-hetero) is 1. The number of carbonyl (C=O) groups excluding carboxylic acids is 2. The van der Waals surface area contributed by atoms with Gasteiger partial charge in [-0.2, -0.15) is 0 Å². The fraction of sp³-hybridized carbons (Fsp3) is 0.286. The van der Waals surface area contributed by atoms with Gasteiger partial charge in [0.25, 0.3) is 11.7 Å². The van der Waals surface area contributed by atoms with Gasteiger partial charge in [-0.3, -0.25) is 14.6 Å². The number of aliphatic hydroxyl groups is 1. The molecule has 2 heterocycles. The lowest BCUT2D eigenvalue weighted by atomic mass is 9.96. The first kappa shape index (κ1) is 19.6. The number of hydrogen-bond acceptors (Lipinski definition) is 6. The largest absolute Gasteiger partial charge is 0.507 e. The maximum absolute atomic E-state index is 12.8. The summed E-state index contributed by atoms with van der Waals surface area (Å²) >= 11 is 0. The first-order valence-electron chi connectivity index (χ1n) is 8.91. The van der Waals surface area contributed by atoms with Crippen molar-refractivity contribution >= 4 is 17.4 Å². The molecule has 0 aliphatic carbocycles. The highest BCUT2D eigenvalue weighted by atomic mass is 16.5. The van der Waals surface area contributed by atoms with Crippen molar-refractivity contribution in [3.05, 3.63) is 65.5 Å². The molecule has 1 N–H and O–H groups in total. The first-order valence-corrected chi connectivity index (χ1v) is 8.91. The first-order chi connectivity index (χ1) is 13.4. The predicted molar refractivity (Wildman–Crippen MR) is 105 cm³/mol. The van der Waals surface area contributed by atoms with E-state index < -0.39 is 17.7 Å². The van der Waals surface area contributed by atoms with Gasteiger partial charge in [-0.1, -0.05) is 12.1 Å². The third kappa shape index (κ3) is 3.75. The summed E-state index contributed by atoms with van der Waals surface area (Å²) in [4.78, 5) is 33.0. The van der Waals surface area contributed by atoms with Crippen molar-refractivity contribution in [1.29, 1.82) is 0 Å². The number of aliphatic hydroxyl groups excluding tert-OH is 1. The minimum Gasteiger partial charge on any atom is -0.507 e. The Morgan fingerprint density at radius 1 is 1.21 bits per heavy atom. The number of ether oxygens (including phenoxy) is 1. The quantitative estimate of drug-likeness (QED) is 0.469. The Balaban J connectivity index is 2.13. The number of carbonyl (C=O) groups is 2. The molecule has 0 saturated carbocycles. The minimum atomic E-state index is -0.694. The molecule has 28 heavy (non-hydrogen) atoms. The molecule has 1 atom stereocenters. The van der Waals surface area contributed by atoms with Crippen LogP contribution in [0.4, 0.5) is 0 Å². The van der Waals surface area contributed by atoms with Gasteiger partial charge in [-0.05, 0) is 43.9 Å². The molecule has 146 valence electrons. The molecule has 1 aromatic heterocycles. The number of benzene rings is 1. The zero-order chi connectivity index (χ0) is 20.3. The van der Waals surface area contributed by atoms with Crippen LogP contribution in [0.25, 0.3) is 5.76 Å². The number of amides is 1. The molecule has 7 heteroatoms. The molecule has 0 unspecified atom stereocenters. The number of aromatic nitrogens is 1. The summed E-state index contributed by atoms with van der Waals surface area (Å²) in [6, 6.07) is 9.59. The van der Waals surface area contributed by atoms with Crippen molar-refractivity contribution in [2.75, 3.05) is 34.3 Å². The lowest BCUT2D eigenvalue weighted by molar-refractivity contribution is -0.140. The van der Waals surface area contributed by atoms with Gasteiger partial charge in [-0.25, -0.2) is 0 Å². The second-order valence-corrected chi connectivity index (χ2v) is 6.81. The maximum Gasteiger partial charge on any atom is 0.295 e. The van der Waals surface area contributed by atoms with Crippen LogP contribution >= 0.6 is 0 Å². The average Bonchev–Trinajstić information content (AvgIpc) is 2.97. The molecule has 2 aromatic rings. The molecule has 3 rings (SSSR count). The lowest BCUT2D eigenvalue weighted by Crippen LogP contribution is -2.35. The minimum absolute atomic E-state index is 0.0724. The van der Waals surface area contributed by atoms with Crippen LogP contribution < -0.4 is 4.74 Å². The van der Waals surface area contributed by atoms with Crippen LogP contribution in [0.1, 0.15) is 17.2 Å². The highest BCUT2D eigenvalue weighted by Gasteiger charge is 2.45. The average molecular weight is 381 g/mol. The fourth-order valence-corrected chi connectivity index (χ4v) is 3.24.